The number of nitrogens with one attached hydrogen (secondary N) is 1. The van der Waals surface area contributed by atoms with Crippen molar-refractivity contribution in [3.05, 3.63) is 65.2 Å². The molecule has 0 heterocycles. The van der Waals surface area contributed by atoms with Gasteiger partial charge in [-0.25, -0.2) is 4.31 Å². The Labute approximate surface area is 197 Å². The molecular formula is C26H38N2O3S. The SMILES string of the molecule is Cc1cc(SN(C)C[C@H](O)CNC(C)(C)CCCc2ccccc2)ccc1CCC(=O)O. The molecule has 0 radical (unpaired) electrons. The minimum absolute atomic E-state index is 0.0234. The van der Waals surface area contributed by atoms with Gasteiger partial charge in [-0.05, 0) is 94.3 Å². The number of aliphatic hydroxyl groups excluding tert-OH is 1. The van der Waals surface area contributed by atoms with Crippen molar-refractivity contribution >= 4 is 17.9 Å². The third kappa shape index (κ3) is 10.2. The van der Waals surface area contributed by atoms with Gasteiger partial charge in [0, 0.05) is 29.9 Å². The molecule has 0 aliphatic carbocycles. The maximum Gasteiger partial charge on any atom is 0.303 e. The van der Waals surface area contributed by atoms with Gasteiger partial charge in [0.1, 0.15) is 0 Å². The number of nitrogens with zero attached hydrogens (tertiary/aromatic N) is 1. The number of rotatable bonds is 14. The van der Waals surface area contributed by atoms with Crippen LogP contribution in [-0.2, 0) is 17.6 Å². The van der Waals surface area contributed by atoms with E-state index in [2.05, 4.69) is 49.5 Å². The van der Waals surface area contributed by atoms with Gasteiger partial charge in [0.2, 0.25) is 0 Å². The van der Waals surface area contributed by atoms with Crippen LogP contribution in [0.4, 0.5) is 0 Å². The molecule has 0 aliphatic heterocycles. The molecule has 2 aromatic carbocycles. The molecule has 0 aliphatic rings. The Morgan fingerprint density at radius 3 is 2.53 bits per heavy atom. The number of β-amino-alcohol motifs (C(OH)–C–C–N with tert-alkyl or cyclic N) is 1. The molecule has 1 atom stereocenters. The average molecular weight is 459 g/mol. The van der Waals surface area contributed by atoms with E-state index in [-0.39, 0.29) is 12.0 Å². The highest BCUT2D eigenvalue weighted by molar-refractivity contribution is 7.97. The molecule has 32 heavy (non-hydrogen) atoms. The van der Waals surface area contributed by atoms with Crippen LogP contribution >= 0.6 is 11.9 Å². The molecule has 0 bridgehead atoms. The number of carboxylic acids is 1. The summed E-state index contributed by atoms with van der Waals surface area (Å²) in [6.45, 7) is 7.50. The van der Waals surface area contributed by atoms with Crippen LogP contribution in [0, 0.1) is 6.92 Å². The number of benzene rings is 2. The van der Waals surface area contributed by atoms with Crippen molar-refractivity contribution in [1.29, 1.82) is 0 Å². The molecule has 3 N–H and O–H groups in total. The van der Waals surface area contributed by atoms with E-state index in [9.17, 15) is 9.90 Å². The zero-order valence-corrected chi connectivity index (χ0v) is 20.6. The van der Waals surface area contributed by atoms with E-state index < -0.39 is 12.1 Å². The fraction of sp³-hybridized carbons (Fsp3) is 0.500. The highest BCUT2D eigenvalue weighted by atomic mass is 32.2. The predicted octanol–water partition coefficient (Wildman–Crippen LogP) is 4.70. The summed E-state index contributed by atoms with van der Waals surface area (Å²) < 4.78 is 2.04. The summed E-state index contributed by atoms with van der Waals surface area (Å²) in [4.78, 5) is 11.9. The normalized spacial score (nSPS) is 12.8. The summed E-state index contributed by atoms with van der Waals surface area (Å²) in [5, 5.41) is 22.9. The van der Waals surface area contributed by atoms with Crippen LogP contribution in [0.5, 0.6) is 0 Å². The Morgan fingerprint density at radius 2 is 1.88 bits per heavy atom. The maximum atomic E-state index is 10.8. The number of aryl methyl sites for hydroxylation is 3. The standard InChI is InChI=1S/C26H38N2O3S/c1-20-17-24(14-12-22(20)13-15-25(30)31)32-28(4)19-23(29)18-27-26(2,3)16-8-11-21-9-6-5-7-10-21/h5-7,9-10,12,14,17,23,27,29H,8,11,13,15-16,18-19H2,1-4H3,(H,30,31)/t23-/m1/s1. The second-order valence-electron chi connectivity index (χ2n) is 9.14. The summed E-state index contributed by atoms with van der Waals surface area (Å²) in [7, 11) is 1.98. The van der Waals surface area contributed by atoms with Gasteiger partial charge < -0.3 is 15.5 Å². The van der Waals surface area contributed by atoms with Crippen molar-refractivity contribution in [3.8, 4) is 0 Å². The van der Waals surface area contributed by atoms with Crippen molar-refractivity contribution in [1.82, 2.24) is 9.62 Å². The Bertz CT molecular complexity index is 842. The second kappa shape index (κ2) is 13.0. The predicted molar refractivity (Wildman–Crippen MR) is 133 cm³/mol. The lowest BCUT2D eigenvalue weighted by Gasteiger charge is -2.29. The van der Waals surface area contributed by atoms with Crippen LogP contribution in [-0.4, -0.2) is 52.3 Å². The van der Waals surface area contributed by atoms with Crippen molar-refractivity contribution in [2.45, 2.75) is 69.4 Å². The van der Waals surface area contributed by atoms with Crippen LogP contribution in [0.2, 0.25) is 0 Å². The zero-order valence-electron chi connectivity index (χ0n) is 19.8. The molecule has 5 nitrogen and oxygen atoms in total. The molecule has 0 spiro atoms. The van der Waals surface area contributed by atoms with Gasteiger partial charge in [-0.3, -0.25) is 4.79 Å². The lowest BCUT2D eigenvalue weighted by molar-refractivity contribution is -0.136. The van der Waals surface area contributed by atoms with E-state index in [0.717, 1.165) is 35.3 Å². The summed E-state index contributed by atoms with van der Waals surface area (Å²) in [5.41, 5.74) is 3.51. The molecule has 2 aromatic rings. The molecule has 0 saturated carbocycles. The summed E-state index contributed by atoms with van der Waals surface area (Å²) >= 11 is 1.59. The quantitative estimate of drug-likeness (QED) is 0.356. The zero-order chi connectivity index (χ0) is 23.6. The molecule has 0 saturated heterocycles. The fourth-order valence-corrected chi connectivity index (χ4v) is 4.65. The van der Waals surface area contributed by atoms with E-state index >= 15 is 0 Å². The number of hydrogen-bond donors (Lipinski definition) is 3. The molecule has 176 valence electrons. The fourth-order valence-electron chi connectivity index (χ4n) is 3.69. The monoisotopic (exact) mass is 458 g/mol. The number of likely N-dealkylation sites (N-methyl/N-ethyl adjacent to an activating group) is 1. The summed E-state index contributed by atoms with van der Waals surface area (Å²) in [6.07, 6.45) is 3.46. The van der Waals surface area contributed by atoms with Gasteiger partial charge in [0.25, 0.3) is 0 Å². The Balaban J connectivity index is 1.72. The van der Waals surface area contributed by atoms with Crippen LogP contribution in [0.25, 0.3) is 0 Å². The van der Waals surface area contributed by atoms with E-state index in [1.54, 1.807) is 11.9 Å². The number of carbonyl (C=O) groups is 1. The van der Waals surface area contributed by atoms with Gasteiger partial charge in [-0.2, -0.15) is 0 Å². The number of hydrogen-bond acceptors (Lipinski definition) is 5. The molecule has 0 unspecified atom stereocenters. The van der Waals surface area contributed by atoms with Crippen LogP contribution in [0.3, 0.4) is 0 Å². The van der Waals surface area contributed by atoms with Gasteiger partial charge in [-0.1, -0.05) is 36.4 Å². The lowest BCUT2D eigenvalue weighted by Crippen LogP contribution is -2.45. The minimum atomic E-state index is -0.774. The molecule has 2 rings (SSSR count). The van der Waals surface area contributed by atoms with Crippen molar-refractivity contribution < 1.29 is 15.0 Å². The van der Waals surface area contributed by atoms with Crippen LogP contribution in [0.15, 0.2) is 53.4 Å². The third-order valence-corrected chi connectivity index (χ3v) is 6.50. The topological polar surface area (TPSA) is 72.8 Å². The van der Waals surface area contributed by atoms with Crippen LogP contribution in [0.1, 0.15) is 49.8 Å². The van der Waals surface area contributed by atoms with Crippen molar-refractivity contribution in [2.24, 2.45) is 0 Å². The first-order valence-electron chi connectivity index (χ1n) is 11.3. The summed E-state index contributed by atoms with van der Waals surface area (Å²) in [6, 6.07) is 16.7. The van der Waals surface area contributed by atoms with E-state index in [1.807, 2.05) is 36.5 Å². The largest absolute Gasteiger partial charge is 0.481 e. The highest BCUT2D eigenvalue weighted by Crippen LogP contribution is 2.24. The van der Waals surface area contributed by atoms with E-state index in [1.165, 1.54) is 5.56 Å². The first-order valence-corrected chi connectivity index (χ1v) is 12.1. The Morgan fingerprint density at radius 1 is 1.16 bits per heavy atom. The Kier molecular flexibility index (Phi) is 10.7. The van der Waals surface area contributed by atoms with Gasteiger partial charge in [0.15, 0.2) is 0 Å². The molecule has 6 heteroatoms. The maximum absolute atomic E-state index is 10.8. The third-order valence-electron chi connectivity index (χ3n) is 5.58. The minimum Gasteiger partial charge on any atom is -0.481 e. The van der Waals surface area contributed by atoms with Gasteiger partial charge >= 0.3 is 5.97 Å². The smallest absolute Gasteiger partial charge is 0.303 e. The van der Waals surface area contributed by atoms with E-state index in [4.69, 9.17) is 5.11 Å². The first-order chi connectivity index (χ1) is 15.1. The lowest BCUT2D eigenvalue weighted by atomic mass is 9.95. The van der Waals surface area contributed by atoms with Gasteiger partial charge in [-0.15, -0.1) is 0 Å². The van der Waals surface area contributed by atoms with Crippen molar-refractivity contribution in [3.63, 3.8) is 0 Å². The molecule has 0 aromatic heterocycles. The summed E-state index contributed by atoms with van der Waals surface area (Å²) in [5.74, 6) is -0.774. The van der Waals surface area contributed by atoms with E-state index in [0.29, 0.717) is 19.5 Å². The van der Waals surface area contributed by atoms with Crippen LogP contribution < -0.4 is 5.32 Å². The first kappa shape index (κ1) is 26.4. The van der Waals surface area contributed by atoms with Gasteiger partial charge in [0.05, 0.1) is 6.10 Å². The highest BCUT2D eigenvalue weighted by Gasteiger charge is 2.19. The number of carboxylic acid groups (broad SMARTS) is 1. The Hall–Kier alpha value is -1.86. The average Bonchev–Trinajstić information content (AvgIpc) is 2.72. The number of aliphatic hydroxyl groups is 1. The molecule has 0 amide bonds. The van der Waals surface area contributed by atoms with Crippen molar-refractivity contribution in [2.75, 3.05) is 20.1 Å². The molecular weight excluding hydrogens is 420 g/mol. The molecule has 0 fully saturated rings. The number of aliphatic carboxylic acids is 1. The second-order valence-corrected chi connectivity index (χ2v) is 10.4.